The second-order valence-electron chi connectivity index (χ2n) is 7.06. The first-order chi connectivity index (χ1) is 13.1. The van der Waals surface area contributed by atoms with Crippen molar-refractivity contribution in [1.82, 2.24) is 9.62 Å². The minimum Gasteiger partial charge on any atom is -0.452 e. The average molecular weight is 407 g/mol. The largest absolute Gasteiger partial charge is 0.452 e. The van der Waals surface area contributed by atoms with Crippen LogP contribution >= 0.6 is 0 Å². The predicted octanol–water partition coefficient (Wildman–Crippen LogP) is 1.42. The fourth-order valence-electron chi connectivity index (χ4n) is 2.91. The first kappa shape index (κ1) is 21.9. The number of benzene rings is 1. The van der Waals surface area contributed by atoms with Crippen LogP contribution in [-0.2, 0) is 24.3 Å². The molecule has 0 saturated carbocycles. The van der Waals surface area contributed by atoms with Crippen LogP contribution in [0.1, 0.15) is 39.2 Å². The summed E-state index contributed by atoms with van der Waals surface area (Å²) in [7, 11) is -3.68. The molecule has 1 aliphatic heterocycles. The maximum absolute atomic E-state index is 12.7. The second kappa shape index (κ2) is 9.17. The second-order valence-corrected chi connectivity index (χ2v) is 8.99. The van der Waals surface area contributed by atoms with Crippen molar-refractivity contribution in [2.45, 2.75) is 50.7 Å². The predicted molar refractivity (Wildman–Crippen MR) is 101 cm³/mol. The number of carbonyl (C=O) groups is 2. The number of sulfonamides is 1. The molecule has 9 heteroatoms. The van der Waals surface area contributed by atoms with E-state index in [-0.39, 0.29) is 29.9 Å². The van der Waals surface area contributed by atoms with Gasteiger partial charge in [-0.25, -0.2) is 8.42 Å². The standard InChI is InChI=1S/C19H25N3O5S/c1-13(2)21-18(23)14(3)27-19(24)16-8-10-22(11-9-16)28(25,26)17-6-4-15(12-20)5-7-17/h4-7,13-14,16H,8-11H2,1-3H3,(H,21,23)/t14-/m0/s1. The van der Waals surface area contributed by atoms with E-state index in [1.807, 2.05) is 19.9 Å². The van der Waals surface area contributed by atoms with E-state index < -0.39 is 28.0 Å². The molecule has 8 nitrogen and oxygen atoms in total. The van der Waals surface area contributed by atoms with Crippen molar-refractivity contribution in [3.8, 4) is 6.07 Å². The van der Waals surface area contributed by atoms with Gasteiger partial charge in [0.15, 0.2) is 6.10 Å². The molecule has 1 atom stereocenters. The molecule has 1 aromatic carbocycles. The highest BCUT2D eigenvalue weighted by Gasteiger charge is 2.34. The summed E-state index contributed by atoms with van der Waals surface area (Å²) >= 11 is 0. The monoisotopic (exact) mass is 407 g/mol. The molecule has 0 spiro atoms. The number of carbonyl (C=O) groups excluding carboxylic acids is 2. The van der Waals surface area contributed by atoms with Gasteiger partial charge in [0.2, 0.25) is 10.0 Å². The van der Waals surface area contributed by atoms with E-state index in [1.54, 1.807) is 0 Å². The van der Waals surface area contributed by atoms with Gasteiger partial charge in [-0.05, 0) is 57.9 Å². The molecule has 1 saturated heterocycles. The number of nitriles is 1. The molecule has 0 aliphatic carbocycles. The molecule has 0 radical (unpaired) electrons. The lowest BCUT2D eigenvalue weighted by atomic mass is 9.98. The van der Waals surface area contributed by atoms with E-state index in [0.717, 1.165) is 0 Å². The van der Waals surface area contributed by atoms with Crippen LogP contribution < -0.4 is 5.32 Å². The Morgan fingerprint density at radius 2 is 1.75 bits per heavy atom. The van der Waals surface area contributed by atoms with Crippen molar-refractivity contribution in [3.05, 3.63) is 29.8 Å². The van der Waals surface area contributed by atoms with E-state index >= 15 is 0 Å². The molecule has 2 rings (SSSR count). The molecular formula is C19H25N3O5S. The summed E-state index contributed by atoms with van der Waals surface area (Å²) in [5.74, 6) is -1.28. The third kappa shape index (κ3) is 5.30. The van der Waals surface area contributed by atoms with Crippen molar-refractivity contribution >= 4 is 21.9 Å². The maximum Gasteiger partial charge on any atom is 0.309 e. The lowest BCUT2D eigenvalue weighted by Gasteiger charge is -2.30. The summed E-state index contributed by atoms with van der Waals surface area (Å²) in [5, 5.41) is 11.5. The van der Waals surface area contributed by atoms with Crippen LogP contribution in [0.4, 0.5) is 0 Å². The zero-order chi connectivity index (χ0) is 20.9. The normalized spacial score (nSPS) is 17.0. The number of hydrogen-bond donors (Lipinski definition) is 1. The Bertz CT molecular complexity index is 851. The molecule has 1 N–H and O–H groups in total. The molecule has 28 heavy (non-hydrogen) atoms. The van der Waals surface area contributed by atoms with Crippen molar-refractivity contribution in [1.29, 1.82) is 5.26 Å². The van der Waals surface area contributed by atoms with Crippen LogP contribution in [0.3, 0.4) is 0 Å². The number of esters is 1. The Hall–Kier alpha value is -2.44. The third-order valence-corrected chi connectivity index (χ3v) is 6.41. The molecule has 1 aromatic rings. The quantitative estimate of drug-likeness (QED) is 0.713. The minimum atomic E-state index is -3.68. The van der Waals surface area contributed by atoms with Gasteiger partial charge in [0.05, 0.1) is 22.4 Å². The first-order valence-corrected chi connectivity index (χ1v) is 10.6. The Kier molecular flexibility index (Phi) is 7.16. The van der Waals surface area contributed by atoms with Gasteiger partial charge < -0.3 is 10.1 Å². The molecule has 1 heterocycles. The highest BCUT2D eigenvalue weighted by Crippen LogP contribution is 2.25. The third-order valence-electron chi connectivity index (χ3n) is 4.50. The van der Waals surface area contributed by atoms with E-state index in [2.05, 4.69) is 5.32 Å². The lowest BCUT2D eigenvalue weighted by molar-refractivity contribution is -0.160. The maximum atomic E-state index is 12.7. The number of nitrogens with one attached hydrogen (secondary N) is 1. The van der Waals surface area contributed by atoms with Crippen molar-refractivity contribution in [2.75, 3.05) is 13.1 Å². The van der Waals surface area contributed by atoms with E-state index in [1.165, 1.54) is 35.5 Å². The van der Waals surface area contributed by atoms with Gasteiger partial charge in [-0.3, -0.25) is 9.59 Å². The van der Waals surface area contributed by atoms with Gasteiger partial charge in [-0.2, -0.15) is 9.57 Å². The topological polar surface area (TPSA) is 117 Å². The Balaban J connectivity index is 1.93. The molecule has 152 valence electrons. The Morgan fingerprint density at radius 3 is 2.25 bits per heavy atom. The number of ether oxygens (including phenoxy) is 1. The lowest BCUT2D eigenvalue weighted by Crippen LogP contribution is -2.43. The number of amides is 1. The highest BCUT2D eigenvalue weighted by atomic mass is 32.2. The summed E-state index contributed by atoms with van der Waals surface area (Å²) in [4.78, 5) is 24.3. The van der Waals surface area contributed by atoms with Gasteiger partial charge in [0.1, 0.15) is 0 Å². The molecular weight excluding hydrogens is 382 g/mol. The number of rotatable bonds is 6. The zero-order valence-electron chi connectivity index (χ0n) is 16.2. The summed E-state index contributed by atoms with van der Waals surface area (Å²) in [6.45, 7) is 5.52. The fraction of sp³-hybridized carbons (Fsp3) is 0.526. The molecule has 0 bridgehead atoms. The van der Waals surface area contributed by atoms with Gasteiger partial charge in [-0.1, -0.05) is 0 Å². The van der Waals surface area contributed by atoms with Crippen molar-refractivity contribution in [3.63, 3.8) is 0 Å². The van der Waals surface area contributed by atoms with Crippen LogP contribution in [0.2, 0.25) is 0 Å². The number of hydrogen-bond acceptors (Lipinski definition) is 6. The van der Waals surface area contributed by atoms with Gasteiger partial charge >= 0.3 is 5.97 Å². The van der Waals surface area contributed by atoms with Gasteiger partial charge in [-0.15, -0.1) is 0 Å². The molecule has 1 aliphatic rings. The van der Waals surface area contributed by atoms with Crippen molar-refractivity contribution < 1.29 is 22.7 Å². The minimum absolute atomic E-state index is 0.0516. The van der Waals surface area contributed by atoms with Crippen LogP contribution in [0.5, 0.6) is 0 Å². The van der Waals surface area contributed by atoms with Crippen LogP contribution in [0.15, 0.2) is 29.2 Å². The Labute approximate surface area is 165 Å². The van der Waals surface area contributed by atoms with E-state index in [0.29, 0.717) is 18.4 Å². The van der Waals surface area contributed by atoms with E-state index in [9.17, 15) is 18.0 Å². The molecule has 0 unspecified atom stereocenters. The summed E-state index contributed by atoms with van der Waals surface area (Å²) in [5.41, 5.74) is 0.385. The Morgan fingerprint density at radius 1 is 1.18 bits per heavy atom. The van der Waals surface area contributed by atoms with Crippen LogP contribution in [0.25, 0.3) is 0 Å². The number of piperidine rings is 1. The zero-order valence-corrected chi connectivity index (χ0v) is 17.0. The van der Waals surface area contributed by atoms with Gasteiger partial charge in [0, 0.05) is 19.1 Å². The number of nitrogens with zero attached hydrogens (tertiary/aromatic N) is 2. The summed E-state index contributed by atoms with van der Waals surface area (Å²) in [6.07, 6.45) is -0.241. The first-order valence-electron chi connectivity index (χ1n) is 9.16. The summed E-state index contributed by atoms with van der Waals surface area (Å²) < 4.78 is 32.0. The fourth-order valence-corrected chi connectivity index (χ4v) is 4.38. The van der Waals surface area contributed by atoms with Crippen LogP contribution in [-0.4, -0.2) is 49.8 Å². The van der Waals surface area contributed by atoms with E-state index in [4.69, 9.17) is 10.00 Å². The van der Waals surface area contributed by atoms with Crippen LogP contribution in [0, 0.1) is 17.2 Å². The molecule has 1 fully saturated rings. The highest BCUT2D eigenvalue weighted by molar-refractivity contribution is 7.89. The smallest absolute Gasteiger partial charge is 0.309 e. The SMILES string of the molecule is CC(C)NC(=O)[C@H](C)OC(=O)C1CCN(S(=O)(=O)c2ccc(C#N)cc2)CC1. The molecule has 1 amide bonds. The average Bonchev–Trinajstić information content (AvgIpc) is 2.67. The van der Waals surface area contributed by atoms with Crippen molar-refractivity contribution in [2.24, 2.45) is 5.92 Å². The molecule has 0 aromatic heterocycles. The van der Waals surface area contributed by atoms with Gasteiger partial charge in [0.25, 0.3) is 5.91 Å². The summed E-state index contributed by atoms with van der Waals surface area (Å²) in [6, 6.07) is 7.63.